The van der Waals surface area contributed by atoms with Crippen molar-refractivity contribution in [1.82, 2.24) is 0 Å². The van der Waals surface area contributed by atoms with Gasteiger partial charge in [0.1, 0.15) is 0 Å². The van der Waals surface area contributed by atoms with Crippen molar-refractivity contribution in [1.29, 1.82) is 0 Å². The number of rotatable bonds is 2. The SMILES string of the molecule is CC(C)(C)c1ccc([C@H](N)C2CCCC2)cc1. The summed E-state index contributed by atoms with van der Waals surface area (Å²) < 4.78 is 0. The third-order valence-electron chi connectivity index (χ3n) is 4.07. The number of hydrogen-bond acceptors (Lipinski definition) is 1. The Balaban J connectivity index is 2.12. The molecule has 0 spiro atoms. The minimum Gasteiger partial charge on any atom is -0.324 e. The Morgan fingerprint density at radius 1 is 1.06 bits per heavy atom. The lowest BCUT2D eigenvalue weighted by Gasteiger charge is -2.22. The molecule has 1 aliphatic rings. The summed E-state index contributed by atoms with van der Waals surface area (Å²) in [7, 11) is 0. The Labute approximate surface area is 105 Å². The summed E-state index contributed by atoms with van der Waals surface area (Å²) in [5.74, 6) is 0.704. The zero-order valence-corrected chi connectivity index (χ0v) is 11.4. The molecular formula is C16H25N. The molecule has 1 aromatic rings. The molecule has 1 atom stereocenters. The van der Waals surface area contributed by atoms with Crippen LogP contribution in [0.3, 0.4) is 0 Å². The molecule has 2 N–H and O–H groups in total. The molecule has 0 unspecified atom stereocenters. The number of nitrogens with two attached hydrogens (primary N) is 1. The van der Waals surface area contributed by atoms with Crippen LogP contribution in [0.4, 0.5) is 0 Å². The van der Waals surface area contributed by atoms with E-state index < -0.39 is 0 Å². The van der Waals surface area contributed by atoms with Crippen LogP contribution >= 0.6 is 0 Å². The molecule has 1 saturated carbocycles. The Morgan fingerprint density at radius 2 is 1.59 bits per heavy atom. The van der Waals surface area contributed by atoms with Crippen molar-refractivity contribution in [2.24, 2.45) is 11.7 Å². The molecule has 0 aliphatic heterocycles. The van der Waals surface area contributed by atoms with Crippen molar-refractivity contribution < 1.29 is 0 Å². The fourth-order valence-corrected chi connectivity index (χ4v) is 2.79. The van der Waals surface area contributed by atoms with Gasteiger partial charge in [0.2, 0.25) is 0 Å². The zero-order valence-electron chi connectivity index (χ0n) is 11.4. The van der Waals surface area contributed by atoms with Gasteiger partial charge in [-0.05, 0) is 35.3 Å². The average molecular weight is 231 g/mol. The fraction of sp³-hybridized carbons (Fsp3) is 0.625. The van der Waals surface area contributed by atoms with Gasteiger partial charge in [-0.2, -0.15) is 0 Å². The van der Waals surface area contributed by atoms with Gasteiger partial charge in [0, 0.05) is 6.04 Å². The zero-order chi connectivity index (χ0) is 12.5. The molecule has 0 radical (unpaired) electrons. The summed E-state index contributed by atoms with van der Waals surface area (Å²) in [6.07, 6.45) is 5.33. The Morgan fingerprint density at radius 3 is 2.06 bits per heavy atom. The highest BCUT2D eigenvalue weighted by atomic mass is 14.7. The molecule has 17 heavy (non-hydrogen) atoms. The van der Waals surface area contributed by atoms with Crippen LogP contribution in [0, 0.1) is 5.92 Å². The lowest BCUT2D eigenvalue weighted by Crippen LogP contribution is -2.19. The number of hydrogen-bond donors (Lipinski definition) is 1. The van der Waals surface area contributed by atoms with E-state index in [0.29, 0.717) is 5.92 Å². The quantitative estimate of drug-likeness (QED) is 0.812. The standard InChI is InChI=1S/C16H25N/c1-16(2,3)14-10-8-13(9-11-14)15(17)12-6-4-5-7-12/h8-12,15H,4-7,17H2,1-3H3/t15-/m1/s1. The normalized spacial score (nSPS) is 19.5. The minimum atomic E-state index is 0.232. The summed E-state index contributed by atoms with van der Waals surface area (Å²) in [5.41, 5.74) is 9.29. The summed E-state index contributed by atoms with van der Waals surface area (Å²) in [4.78, 5) is 0. The summed E-state index contributed by atoms with van der Waals surface area (Å²) in [6.45, 7) is 6.75. The highest BCUT2D eigenvalue weighted by molar-refractivity contribution is 5.29. The van der Waals surface area contributed by atoms with Crippen molar-refractivity contribution in [2.75, 3.05) is 0 Å². The summed E-state index contributed by atoms with van der Waals surface area (Å²) in [5, 5.41) is 0. The molecule has 0 amide bonds. The van der Waals surface area contributed by atoms with E-state index in [2.05, 4.69) is 45.0 Å². The molecule has 2 rings (SSSR count). The lowest BCUT2D eigenvalue weighted by molar-refractivity contribution is 0.444. The molecule has 1 nitrogen and oxygen atoms in total. The Kier molecular flexibility index (Phi) is 3.58. The van der Waals surface area contributed by atoms with E-state index >= 15 is 0 Å². The van der Waals surface area contributed by atoms with Gasteiger partial charge in [-0.25, -0.2) is 0 Å². The second-order valence-electron chi connectivity index (χ2n) is 6.44. The first-order chi connectivity index (χ1) is 7.98. The van der Waals surface area contributed by atoms with Crippen molar-refractivity contribution in [2.45, 2.75) is 57.9 Å². The van der Waals surface area contributed by atoms with Crippen LogP contribution in [0.25, 0.3) is 0 Å². The number of benzene rings is 1. The van der Waals surface area contributed by atoms with Gasteiger partial charge in [-0.1, -0.05) is 57.9 Å². The summed E-state index contributed by atoms with van der Waals surface area (Å²) in [6, 6.07) is 9.17. The molecule has 0 aromatic heterocycles. The largest absolute Gasteiger partial charge is 0.324 e. The highest BCUT2D eigenvalue weighted by Gasteiger charge is 2.23. The molecule has 0 heterocycles. The van der Waals surface area contributed by atoms with Crippen LogP contribution in [-0.2, 0) is 5.41 Å². The van der Waals surface area contributed by atoms with Crippen LogP contribution in [-0.4, -0.2) is 0 Å². The maximum absolute atomic E-state index is 6.36. The van der Waals surface area contributed by atoms with Gasteiger partial charge in [-0.15, -0.1) is 0 Å². The van der Waals surface area contributed by atoms with Gasteiger partial charge in [-0.3, -0.25) is 0 Å². The van der Waals surface area contributed by atoms with Gasteiger partial charge in [0.15, 0.2) is 0 Å². The van der Waals surface area contributed by atoms with E-state index in [0.717, 1.165) is 0 Å². The van der Waals surface area contributed by atoms with Crippen LogP contribution in [0.5, 0.6) is 0 Å². The molecular weight excluding hydrogens is 206 g/mol. The van der Waals surface area contributed by atoms with Gasteiger partial charge < -0.3 is 5.73 Å². The molecule has 0 bridgehead atoms. The van der Waals surface area contributed by atoms with E-state index in [1.807, 2.05) is 0 Å². The average Bonchev–Trinajstić information content (AvgIpc) is 2.80. The maximum Gasteiger partial charge on any atom is 0.0323 e. The van der Waals surface area contributed by atoms with E-state index in [1.165, 1.54) is 36.8 Å². The van der Waals surface area contributed by atoms with Gasteiger partial charge >= 0.3 is 0 Å². The molecule has 0 saturated heterocycles. The van der Waals surface area contributed by atoms with Crippen LogP contribution < -0.4 is 5.73 Å². The predicted molar refractivity (Wildman–Crippen MR) is 74.0 cm³/mol. The second kappa shape index (κ2) is 4.81. The first-order valence-electron chi connectivity index (χ1n) is 6.84. The van der Waals surface area contributed by atoms with Crippen molar-refractivity contribution in [3.05, 3.63) is 35.4 Å². The molecule has 94 valence electrons. The molecule has 1 aromatic carbocycles. The maximum atomic E-state index is 6.36. The smallest absolute Gasteiger partial charge is 0.0323 e. The molecule has 1 heteroatoms. The van der Waals surface area contributed by atoms with Crippen molar-refractivity contribution in [3.63, 3.8) is 0 Å². The van der Waals surface area contributed by atoms with Gasteiger partial charge in [0.25, 0.3) is 0 Å². The monoisotopic (exact) mass is 231 g/mol. The highest BCUT2D eigenvalue weighted by Crippen LogP contribution is 2.34. The van der Waals surface area contributed by atoms with E-state index in [9.17, 15) is 0 Å². The van der Waals surface area contributed by atoms with Crippen LogP contribution in [0.15, 0.2) is 24.3 Å². The predicted octanol–water partition coefficient (Wildman–Crippen LogP) is 4.17. The third-order valence-corrected chi connectivity index (χ3v) is 4.07. The molecule has 1 aliphatic carbocycles. The Bertz CT molecular complexity index is 352. The van der Waals surface area contributed by atoms with Crippen molar-refractivity contribution >= 4 is 0 Å². The Hall–Kier alpha value is -0.820. The fourth-order valence-electron chi connectivity index (χ4n) is 2.79. The van der Waals surface area contributed by atoms with E-state index in [-0.39, 0.29) is 11.5 Å². The summed E-state index contributed by atoms with van der Waals surface area (Å²) >= 11 is 0. The van der Waals surface area contributed by atoms with Crippen LogP contribution in [0.2, 0.25) is 0 Å². The van der Waals surface area contributed by atoms with Crippen LogP contribution in [0.1, 0.15) is 63.6 Å². The second-order valence-corrected chi connectivity index (χ2v) is 6.44. The van der Waals surface area contributed by atoms with E-state index in [4.69, 9.17) is 5.73 Å². The lowest BCUT2D eigenvalue weighted by atomic mass is 9.85. The third kappa shape index (κ3) is 2.90. The first kappa shape index (κ1) is 12.6. The first-order valence-corrected chi connectivity index (χ1v) is 6.84. The van der Waals surface area contributed by atoms with E-state index in [1.54, 1.807) is 0 Å². The topological polar surface area (TPSA) is 26.0 Å². The van der Waals surface area contributed by atoms with Gasteiger partial charge in [0.05, 0.1) is 0 Å². The minimum absolute atomic E-state index is 0.232. The van der Waals surface area contributed by atoms with Crippen molar-refractivity contribution in [3.8, 4) is 0 Å². The molecule has 1 fully saturated rings.